The van der Waals surface area contributed by atoms with Crippen LogP contribution in [-0.2, 0) is 6.54 Å². The standard InChI is InChI=1S/C20H21N5O2S/c26-18-10-9-17(23-25(18)16-7-3-1-4-8-16)19(27)22-20-21-15(14-28-20)13-24-11-5-2-6-12-24/h1,3-4,7-10,14H,2,5-6,11-13H2,(H,21,22,27). The van der Waals surface area contributed by atoms with E-state index in [1.807, 2.05) is 23.6 Å². The van der Waals surface area contributed by atoms with E-state index in [9.17, 15) is 9.59 Å². The van der Waals surface area contributed by atoms with Crippen LogP contribution < -0.4 is 10.9 Å². The third kappa shape index (κ3) is 4.35. The first-order valence-electron chi connectivity index (χ1n) is 9.33. The number of para-hydroxylation sites is 1. The van der Waals surface area contributed by atoms with Gasteiger partial charge in [0, 0.05) is 18.0 Å². The molecule has 0 radical (unpaired) electrons. The lowest BCUT2D eigenvalue weighted by Crippen LogP contribution is -2.29. The fraction of sp³-hybridized carbons (Fsp3) is 0.300. The summed E-state index contributed by atoms with van der Waals surface area (Å²) in [6, 6.07) is 11.8. The molecule has 1 aromatic carbocycles. The Morgan fingerprint density at radius 1 is 1.07 bits per heavy atom. The van der Waals surface area contributed by atoms with Crippen molar-refractivity contribution in [2.75, 3.05) is 18.4 Å². The maximum Gasteiger partial charge on any atom is 0.277 e. The number of aromatic nitrogens is 3. The lowest BCUT2D eigenvalue weighted by Gasteiger charge is -2.25. The molecule has 7 nitrogen and oxygen atoms in total. The monoisotopic (exact) mass is 395 g/mol. The van der Waals surface area contributed by atoms with Crippen LogP contribution in [0.25, 0.3) is 5.69 Å². The molecule has 3 aromatic rings. The minimum absolute atomic E-state index is 0.163. The van der Waals surface area contributed by atoms with Crippen molar-refractivity contribution in [3.8, 4) is 5.69 Å². The van der Waals surface area contributed by atoms with Crippen LogP contribution in [0.1, 0.15) is 35.4 Å². The van der Waals surface area contributed by atoms with Gasteiger partial charge >= 0.3 is 0 Å². The molecule has 144 valence electrons. The number of benzene rings is 1. The van der Waals surface area contributed by atoms with Crippen molar-refractivity contribution in [3.63, 3.8) is 0 Å². The van der Waals surface area contributed by atoms with Gasteiger partial charge in [0.1, 0.15) is 5.69 Å². The molecule has 1 fully saturated rings. The highest BCUT2D eigenvalue weighted by Gasteiger charge is 2.15. The number of hydrogen-bond donors (Lipinski definition) is 1. The van der Waals surface area contributed by atoms with Gasteiger partial charge in [-0.05, 0) is 44.1 Å². The molecule has 3 heterocycles. The summed E-state index contributed by atoms with van der Waals surface area (Å²) in [4.78, 5) is 31.6. The SMILES string of the molecule is O=C(Nc1nc(CN2CCCCC2)cs1)c1ccc(=O)n(-c2ccccc2)n1. The largest absolute Gasteiger partial charge is 0.297 e. The molecule has 4 rings (SSSR count). The van der Waals surface area contributed by atoms with E-state index in [1.165, 1.54) is 47.4 Å². The van der Waals surface area contributed by atoms with Crippen molar-refractivity contribution >= 4 is 22.4 Å². The van der Waals surface area contributed by atoms with E-state index < -0.39 is 0 Å². The summed E-state index contributed by atoms with van der Waals surface area (Å²) < 4.78 is 1.22. The van der Waals surface area contributed by atoms with Gasteiger partial charge in [-0.25, -0.2) is 4.98 Å². The van der Waals surface area contributed by atoms with Gasteiger partial charge in [0.2, 0.25) is 0 Å². The fourth-order valence-corrected chi connectivity index (χ4v) is 3.93. The molecule has 0 aliphatic carbocycles. The molecule has 28 heavy (non-hydrogen) atoms. The molecule has 1 aliphatic heterocycles. The molecular weight excluding hydrogens is 374 g/mol. The van der Waals surface area contributed by atoms with Crippen molar-refractivity contribution in [1.29, 1.82) is 0 Å². The predicted molar refractivity (Wildman–Crippen MR) is 109 cm³/mol. The summed E-state index contributed by atoms with van der Waals surface area (Å²) in [6.07, 6.45) is 3.76. The summed E-state index contributed by atoms with van der Waals surface area (Å²) in [6.45, 7) is 3.01. The van der Waals surface area contributed by atoms with Crippen LogP contribution in [0.4, 0.5) is 5.13 Å². The van der Waals surface area contributed by atoms with Crippen LogP contribution in [-0.4, -0.2) is 38.7 Å². The normalized spacial score (nSPS) is 14.7. The number of hydrogen-bond acceptors (Lipinski definition) is 6. The Labute approximate surface area is 166 Å². The molecule has 1 saturated heterocycles. The van der Waals surface area contributed by atoms with E-state index in [0.29, 0.717) is 10.8 Å². The van der Waals surface area contributed by atoms with Gasteiger partial charge in [0.15, 0.2) is 5.13 Å². The van der Waals surface area contributed by atoms with Crippen LogP contribution in [0.2, 0.25) is 0 Å². The molecule has 1 aliphatic rings. The minimum Gasteiger partial charge on any atom is -0.297 e. The van der Waals surface area contributed by atoms with Crippen LogP contribution in [0, 0.1) is 0 Å². The molecule has 0 spiro atoms. The van der Waals surface area contributed by atoms with Crippen LogP contribution in [0.15, 0.2) is 52.6 Å². The number of nitrogens with zero attached hydrogens (tertiary/aromatic N) is 4. The van der Waals surface area contributed by atoms with Crippen molar-refractivity contribution in [1.82, 2.24) is 19.7 Å². The van der Waals surface area contributed by atoms with Gasteiger partial charge in [-0.1, -0.05) is 24.6 Å². The summed E-state index contributed by atoms with van der Waals surface area (Å²) in [5, 5.41) is 9.50. The zero-order valence-corrected chi connectivity index (χ0v) is 16.2. The topological polar surface area (TPSA) is 80.1 Å². The van der Waals surface area contributed by atoms with Crippen molar-refractivity contribution in [3.05, 3.63) is 69.6 Å². The maximum absolute atomic E-state index is 12.6. The Kier molecular flexibility index (Phi) is 5.59. The van der Waals surface area contributed by atoms with E-state index in [2.05, 4.69) is 20.3 Å². The highest BCUT2D eigenvalue weighted by atomic mass is 32.1. The van der Waals surface area contributed by atoms with E-state index >= 15 is 0 Å². The number of piperidine rings is 1. The Hall–Kier alpha value is -2.84. The highest BCUT2D eigenvalue weighted by molar-refractivity contribution is 7.13. The molecule has 8 heteroatoms. The number of rotatable bonds is 5. The molecule has 1 amide bonds. The van der Waals surface area contributed by atoms with E-state index in [1.54, 1.807) is 12.1 Å². The molecule has 0 unspecified atom stereocenters. The first kappa shape index (κ1) is 18.5. The molecular formula is C20H21N5O2S. The number of carbonyl (C=O) groups excluding carboxylic acids is 1. The third-order valence-corrected chi connectivity index (χ3v) is 5.45. The first-order valence-corrected chi connectivity index (χ1v) is 10.2. The number of anilines is 1. The molecule has 0 bridgehead atoms. The Morgan fingerprint density at radius 3 is 2.64 bits per heavy atom. The first-order chi connectivity index (χ1) is 13.7. The molecule has 1 N–H and O–H groups in total. The quantitative estimate of drug-likeness (QED) is 0.718. The number of likely N-dealkylation sites (tertiary alicyclic amines) is 1. The van der Waals surface area contributed by atoms with E-state index in [4.69, 9.17) is 0 Å². The van der Waals surface area contributed by atoms with Crippen LogP contribution in [0.3, 0.4) is 0 Å². The smallest absolute Gasteiger partial charge is 0.277 e. The molecule has 0 saturated carbocycles. The molecule has 2 aromatic heterocycles. The van der Waals surface area contributed by atoms with Gasteiger partial charge in [0.05, 0.1) is 11.4 Å². The van der Waals surface area contributed by atoms with Crippen LogP contribution >= 0.6 is 11.3 Å². The average molecular weight is 395 g/mol. The van der Waals surface area contributed by atoms with Crippen molar-refractivity contribution in [2.24, 2.45) is 0 Å². The van der Waals surface area contributed by atoms with Gasteiger partial charge < -0.3 is 0 Å². The zero-order chi connectivity index (χ0) is 19.3. The number of amides is 1. The third-order valence-electron chi connectivity index (χ3n) is 4.64. The Bertz CT molecular complexity index is 1010. The van der Waals surface area contributed by atoms with Gasteiger partial charge in [-0.2, -0.15) is 9.78 Å². The highest BCUT2D eigenvalue weighted by Crippen LogP contribution is 2.19. The van der Waals surface area contributed by atoms with Gasteiger partial charge in [0.25, 0.3) is 11.5 Å². The Morgan fingerprint density at radius 2 is 1.86 bits per heavy atom. The Balaban J connectivity index is 1.46. The summed E-state index contributed by atoms with van der Waals surface area (Å²) in [7, 11) is 0. The second-order valence-corrected chi connectivity index (χ2v) is 7.60. The number of nitrogens with one attached hydrogen (secondary N) is 1. The maximum atomic E-state index is 12.6. The van der Waals surface area contributed by atoms with Crippen molar-refractivity contribution < 1.29 is 4.79 Å². The van der Waals surface area contributed by atoms with Crippen LogP contribution in [0.5, 0.6) is 0 Å². The summed E-state index contributed by atoms with van der Waals surface area (Å²) in [5.41, 5.74) is 1.45. The van der Waals surface area contributed by atoms with E-state index in [-0.39, 0.29) is 17.2 Å². The summed E-state index contributed by atoms with van der Waals surface area (Å²) in [5.74, 6) is -0.386. The number of carbonyl (C=O) groups is 1. The van der Waals surface area contributed by atoms with E-state index in [0.717, 1.165) is 25.3 Å². The second-order valence-electron chi connectivity index (χ2n) is 6.74. The number of thiazole rings is 1. The molecule has 0 atom stereocenters. The second kappa shape index (κ2) is 8.45. The predicted octanol–water partition coefficient (Wildman–Crippen LogP) is 2.93. The summed E-state index contributed by atoms with van der Waals surface area (Å²) >= 11 is 1.40. The lowest BCUT2D eigenvalue weighted by atomic mass is 10.1. The zero-order valence-electron chi connectivity index (χ0n) is 15.4. The lowest BCUT2D eigenvalue weighted by molar-refractivity contribution is 0.102. The van der Waals surface area contributed by atoms with Gasteiger partial charge in [-0.3, -0.25) is 19.8 Å². The van der Waals surface area contributed by atoms with Crippen molar-refractivity contribution in [2.45, 2.75) is 25.8 Å². The van der Waals surface area contributed by atoms with Gasteiger partial charge in [-0.15, -0.1) is 11.3 Å². The minimum atomic E-state index is -0.386. The average Bonchev–Trinajstić information content (AvgIpc) is 3.16. The fourth-order valence-electron chi connectivity index (χ4n) is 3.23.